The van der Waals surface area contributed by atoms with Crippen LogP contribution in [0.3, 0.4) is 0 Å². The van der Waals surface area contributed by atoms with Gasteiger partial charge >= 0.3 is 5.97 Å². The van der Waals surface area contributed by atoms with Gasteiger partial charge in [-0.1, -0.05) is 18.2 Å². The van der Waals surface area contributed by atoms with Gasteiger partial charge < -0.3 is 16.2 Å². The summed E-state index contributed by atoms with van der Waals surface area (Å²) < 4.78 is 0.713. The quantitative estimate of drug-likeness (QED) is 0.740. The summed E-state index contributed by atoms with van der Waals surface area (Å²) in [5, 5.41) is 11.6. The van der Waals surface area contributed by atoms with E-state index in [9.17, 15) is 9.59 Å². The van der Waals surface area contributed by atoms with Crippen LogP contribution in [-0.4, -0.2) is 17.0 Å². The van der Waals surface area contributed by atoms with Crippen LogP contribution < -0.4 is 11.1 Å². The van der Waals surface area contributed by atoms with Crippen molar-refractivity contribution >= 4 is 39.2 Å². The number of benzene rings is 2. The lowest BCUT2D eigenvalue weighted by molar-refractivity contribution is -0.136. The van der Waals surface area contributed by atoms with Crippen LogP contribution in [0.15, 0.2) is 46.9 Å². The highest BCUT2D eigenvalue weighted by Crippen LogP contribution is 2.22. The molecule has 0 fully saturated rings. The van der Waals surface area contributed by atoms with E-state index < -0.39 is 5.97 Å². The number of carboxylic acids is 1. The van der Waals surface area contributed by atoms with Crippen LogP contribution in [0.5, 0.6) is 0 Å². The summed E-state index contributed by atoms with van der Waals surface area (Å²) in [6.45, 7) is 0. The number of amides is 1. The van der Waals surface area contributed by atoms with Gasteiger partial charge in [0.15, 0.2) is 0 Å². The first-order valence-corrected chi connectivity index (χ1v) is 6.93. The summed E-state index contributed by atoms with van der Waals surface area (Å²) in [6, 6.07) is 11.7. The predicted molar refractivity (Wildman–Crippen MR) is 84.3 cm³/mol. The first kappa shape index (κ1) is 15.1. The molecule has 5 nitrogen and oxygen atoms in total. The van der Waals surface area contributed by atoms with Gasteiger partial charge in [-0.15, -0.1) is 0 Å². The second-order valence-corrected chi connectivity index (χ2v) is 5.27. The van der Waals surface area contributed by atoms with Crippen LogP contribution in [0, 0.1) is 0 Å². The zero-order valence-electron chi connectivity index (χ0n) is 11.0. The lowest BCUT2D eigenvalue weighted by Crippen LogP contribution is -2.14. The zero-order valence-corrected chi connectivity index (χ0v) is 12.6. The molecule has 21 heavy (non-hydrogen) atoms. The van der Waals surface area contributed by atoms with Gasteiger partial charge in [0.2, 0.25) is 0 Å². The Labute approximate surface area is 129 Å². The second-order valence-electron chi connectivity index (χ2n) is 4.42. The monoisotopic (exact) mass is 348 g/mol. The molecule has 1 amide bonds. The molecular formula is C15H13BrN2O3. The third-order valence-electron chi connectivity index (χ3n) is 2.87. The number of rotatable bonds is 4. The van der Waals surface area contributed by atoms with Gasteiger partial charge in [-0.05, 0) is 45.8 Å². The van der Waals surface area contributed by atoms with Gasteiger partial charge in [0.05, 0.1) is 6.42 Å². The molecule has 6 heteroatoms. The summed E-state index contributed by atoms with van der Waals surface area (Å²) in [5.74, 6) is -1.29. The highest BCUT2D eigenvalue weighted by atomic mass is 79.9. The summed E-state index contributed by atoms with van der Waals surface area (Å²) in [7, 11) is 0. The predicted octanol–water partition coefficient (Wildman–Crippen LogP) is 2.91. The first-order chi connectivity index (χ1) is 9.97. The number of hydrogen-bond acceptors (Lipinski definition) is 3. The van der Waals surface area contributed by atoms with E-state index in [1.807, 2.05) is 0 Å². The third-order valence-corrected chi connectivity index (χ3v) is 3.59. The number of nitrogen functional groups attached to an aromatic ring is 1. The molecule has 0 heterocycles. The van der Waals surface area contributed by atoms with E-state index >= 15 is 0 Å². The minimum atomic E-state index is -0.954. The number of carboxylic acid groups (broad SMARTS) is 1. The molecule has 4 N–H and O–H groups in total. The summed E-state index contributed by atoms with van der Waals surface area (Å²) >= 11 is 3.26. The van der Waals surface area contributed by atoms with E-state index in [2.05, 4.69) is 21.2 Å². The fraction of sp³-hybridized carbons (Fsp3) is 0.0667. The van der Waals surface area contributed by atoms with Gasteiger partial charge in [0, 0.05) is 21.4 Å². The Bertz CT molecular complexity index is 701. The highest BCUT2D eigenvalue weighted by Gasteiger charge is 2.11. The van der Waals surface area contributed by atoms with E-state index in [1.54, 1.807) is 42.5 Å². The topological polar surface area (TPSA) is 92.4 Å². The minimum absolute atomic E-state index is 0.154. The maximum atomic E-state index is 12.2. The number of halogens is 1. The molecule has 2 rings (SSSR count). The van der Waals surface area contributed by atoms with Crippen molar-refractivity contribution in [3.8, 4) is 0 Å². The van der Waals surface area contributed by atoms with Gasteiger partial charge in [0.25, 0.3) is 5.91 Å². The van der Waals surface area contributed by atoms with Gasteiger partial charge in [-0.3, -0.25) is 9.59 Å². The number of aliphatic carboxylic acids is 1. The van der Waals surface area contributed by atoms with E-state index in [0.29, 0.717) is 27.0 Å². The first-order valence-electron chi connectivity index (χ1n) is 6.13. The fourth-order valence-corrected chi connectivity index (χ4v) is 2.09. The van der Waals surface area contributed by atoms with Crippen LogP contribution in [0.2, 0.25) is 0 Å². The highest BCUT2D eigenvalue weighted by molar-refractivity contribution is 9.10. The molecule has 108 valence electrons. The Morgan fingerprint density at radius 1 is 1.19 bits per heavy atom. The van der Waals surface area contributed by atoms with Crippen LogP contribution in [0.1, 0.15) is 15.9 Å². The van der Waals surface area contributed by atoms with Gasteiger partial charge in [-0.25, -0.2) is 0 Å². The maximum Gasteiger partial charge on any atom is 0.307 e. The van der Waals surface area contributed by atoms with Crippen molar-refractivity contribution in [2.75, 3.05) is 11.1 Å². The number of carbonyl (C=O) groups excluding carboxylic acids is 1. The second kappa shape index (κ2) is 6.41. The zero-order chi connectivity index (χ0) is 15.4. The molecule has 0 bridgehead atoms. The third kappa shape index (κ3) is 3.82. The summed E-state index contributed by atoms with van der Waals surface area (Å²) in [5.41, 5.74) is 7.63. The molecule has 0 unspecified atom stereocenters. The molecule has 0 aliphatic heterocycles. The normalized spacial score (nSPS) is 10.1. The van der Waals surface area contributed by atoms with Crippen molar-refractivity contribution in [2.45, 2.75) is 6.42 Å². The minimum Gasteiger partial charge on any atom is -0.481 e. The van der Waals surface area contributed by atoms with Crippen LogP contribution in [0.4, 0.5) is 11.4 Å². The fourth-order valence-electron chi connectivity index (χ4n) is 1.84. The SMILES string of the molecule is Nc1cc(C(=O)Nc2ccccc2CC(=O)O)ccc1Br. The Kier molecular flexibility index (Phi) is 4.59. The molecule has 2 aromatic rings. The average molecular weight is 349 g/mol. The Hall–Kier alpha value is -2.34. The van der Waals surface area contributed by atoms with E-state index in [0.717, 1.165) is 0 Å². The Morgan fingerprint density at radius 2 is 1.90 bits per heavy atom. The summed E-state index contributed by atoms with van der Waals surface area (Å²) in [6.07, 6.45) is -0.154. The summed E-state index contributed by atoms with van der Waals surface area (Å²) in [4.78, 5) is 23.0. The molecule has 0 aliphatic carbocycles. The number of hydrogen-bond donors (Lipinski definition) is 3. The molecule has 0 radical (unpaired) electrons. The van der Waals surface area contributed by atoms with Gasteiger partial charge in [0.1, 0.15) is 0 Å². The largest absolute Gasteiger partial charge is 0.481 e. The lowest BCUT2D eigenvalue weighted by Gasteiger charge is -2.10. The van der Waals surface area contributed by atoms with Crippen molar-refractivity contribution in [3.63, 3.8) is 0 Å². The Morgan fingerprint density at radius 3 is 2.57 bits per heavy atom. The molecule has 0 saturated heterocycles. The molecule has 0 saturated carbocycles. The smallest absolute Gasteiger partial charge is 0.307 e. The molecule has 0 aliphatic rings. The molecule has 0 spiro atoms. The maximum absolute atomic E-state index is 12.2. The van der Waals surface area contributed by atoms with Crippen molar-refractivity contribution in [3.05, 3.63) is 58.1 Å². The van der Waals surface area contributed by atoms with Crippen molar-refractivity contribution in [1.29, 1.82) is 0 Å². The number of nitrogens with two attached hydrogens (primary N) is 1. The Balaban J connectivity index is 2.23. The van der Waals surface area contributed by atoms with Crippen LogP contribution in [0.25, 0.3) is 0 Å². The van der Waals surface area contributed by atoms with Crippen molar-refractivity contribution < 1.29 is 14.7 Å². The van der Waals surface area contributed by atoms with Gasteiger partial charge in [-0.2, -0.15) is 0 Å². The lowest BCUT2D eigenvalue weighted by atomic mass is 10.1. The van der Waals surface area contributed by atoms with E-state index in [-0.39, 0.29) is 12.3 Å². The molecule has 0 aromatic heterocycles. The average Bonchev–Trinajstić information content (AvgIpc) is 2.43. The molecule has 2 aromatic carbocycles. The molecular weight excluding hydrogens is 336 g/mol. The number of nitrogens with one attached hydrogen (secondary N) is 1. The standard InChI is InChI=1S/C15H13BrN2O3/c16-11-6-5-10(7-12(11)17)15(21)18-13-4-2-1-3-9(13)8-14(19)20/h1-7H,8,17H2,(H,18,21)(H,19,20). The van der Waals surface area contributed by atoms with Crippen molar-refractivity contribution in [2.24, 2.45) is 0 Å². The number of para-hydroxylation sites is 1. The number of anilines is 2. The van der Waals surface area contributed by atoms with E-state index in [4.69, 9.17) is 10.8 Å². The van der Waals surface area contributed by atoms with Crippen LogP contribution >= 0.6 is 15.9 Å². The molecule has 0 atom stereocenters. The van der Waals surface area contributed by atoms with Crippen LogP contribution in [-0.2, 0) is 11.2 Å². The van der Waals surface area contributed by atoms with Crippen molar-refractivity contribution in [1.82, 2.24) is 0 Å². The van der Waals surface area contributed by atoms with E-state index in [1.165, 1.54) is 0 Å². The number of carbonyl (C=O) groups is 2.